The molecule has 0 amide bonds. The first kappa shape index (κ1) is 16.3. The predicted octanol–water partition coefficient (Wildman–Crippen LogP) is 2.67. The SMILES string of the molecule is Cc1cc2c(N3CCN(C)CC3)ccnc2n1S(=O)c1ccccc1. The number of rotatable bonds is 3. The van der Waals surface area contributed by atoms with Gasteiger partial charge in [-0.25, -0.2) is 13.2 Å². The average molecular weight is 354 g/mol. The number of fused-ring (bicyclic) bond motifs is 1. The highest BCUT2D eigenvalue weighted by Gasteiger charge is 2.20. The third kappa shape index (κ3) is 2.96. The molecular formula is C19H22N4OS. The van der Waals surface area contributed by atoms with Gasteiger partial charge in [-0.1, -0.05) is 18.2 Å². The highest BCUT2D eigenvalue weighted by molar-refractivity contribution is 7.83. The van der Waals surface area contributed by atoms with Crippen LogP contribution >= 0.6 is 0 Å². The number of piperazine rings is 1. The second kappa shape index (κ2) is 6.61. The zero-order valence-electron chi connectivity index (χ0n) is 14.6. The molecule has 4 rings (SSSR count). The van der Waals surface area contributed by atoms with E-state index in [1.807, 2.05) is 47.4 Å². The summed E-state index contributed by atoms with van der Waals surface area (Å²) < 4.78 is 14.9. The van der Waals surface area contributed by atoms with Crippen molar-refractivity contribution in [2.24, 2.45) is 0 Å². The fraction of sp³-hybridized carbons (Fsp3) is 0.316. The average Bonchev–Trinajstić information content (AvgIpc) is 2.98. The Kier molecular flexibility index (Phi) is 4.31. The summed E-state index contributed by atoms with van der Waals surface area (Å²) >= 11 is 0. The van der Waals surface area contributed by atoms with Gasteiger partial charge in [-0.3, -0.25) is 0 Å². The molecule has 130 valence electrons. The molecular weight excluding hydrogens is 332 g/mol. The number of hydrogen-bond acceptors (Lipinski definition) is 4. The van der Waals surface area contributed by atoms with Gasteiger partial charge >= 0.3 is 0 Å². The lowest BCUT2D eigenvalue weighted by Gasteiger charge is -2.34. The van der Waals surface area contributed by atoms with E-state index in [-0.39, 0.29) is 0 Å². The van der Waals surface area contributed by atoms with Crippen molar-refractivity contribution in [3.63, 3.8) is 0 Å². The molecule has 5 nitrogen and oxygen atoms in total. The van der Waals surface area contributed by atoms with E-state index in [1.165, 1.54) is 5.69 Å². The zero-order valence-corrected chi connectivity index (χ0v) is 15.4. The van der Waals surface area contributed by atoms with Gasteiger partial charge in [0.1, 0.15) is 0 Å². The van der Waals surface area contributed by atoms with Gasteiger partial charge in [0, 0.05) is 49.1 Å². The van der Waals surface area contributed by atoms with Crippen molar-refractivity contribution < 1.29 is 4.21 Å². The van der Waals surface area contributed by atoms with Crippen molar-refractivity contribution in [1.82, 2.24) is 13.9 Å². The minimum Gasteiger partial charge on any atom is -0.368 e. The quantitative estimate of drug-likeness (QED) is 0.725. The van der Waals surface area contributed by atoms with Gasteiger partial charge in [0.2, 0.25) is 0 Å². The van der Waals surface area contributed by atoms with Crippen molar-refractivity contribution >= 4 is 27.7 Å². The van der Waals surface area contributed by atoms with E-state index in [2.05, 4.69) is 34.0 Å². The lowest BCUT2D eigenvalue weighted by Crippen LogP contribution is -2.44. The number of pyridine rings is 1. The summed E-state index contributed by atoms with van der Waals surface area (Å²) in [5, 5.41) is 1.08. The lowest BCUT2D eigenvalue weighted by atomic mass is 10.2. The van der Waals surface area contributed by atoms with E-state index in [0.717, 1.165) is 47.8 Å². The molecule has 1 aliphatic rings. The molecule has 0 aliphatic carbocycles. The summed E-state index contributed by atoms with van der Waals surface area (Å²) in [5.41, 5.74) is 2.94. The lowest BCUT2D eigenvalue weighted by molar-refractivity contribution is 0.313. The molecule has 0 radical (unpaired) electrons. The standard InChI is InChI=1S/C19H22N4OS/c1-15-14-17-18(22-12-10-21(2)11-13-22)8-9-20-19(17)23(15)25(24)16-6-4-3-5-7-16/h3-9,14H,10-13H2,1-2H3. The van der Waals surface area contributed by atoms with E-state index in [9.17, 15) is 4.21 Å². The van der Waals surface area contributed by atoms with Crippen LogP contribution in [0.2, 0.25) is 0 Å². The van der Waals surface area contributed by atoms with Crippen molar-refractivity contribution in [2.45, 2.75) is 11.8 Å². The van der Waals surface area contributed by atoms with Gasteiger partial charge in [0.25, 0.3) is 0 Å². The maximum Gasteiger partial charge on any atom is 0.158 e. The highest BCUT2D eigenvalue weighted by Crippen LogP contribution is 2.30. The molecule has 0 N–H and O–H groups in total. The third-order valence-electron chi connectivity index (χ3n) is 4.77. The van der Waals surface area contributed by atoms with E-state index in [1.54, 1.807) is 0 Å². The largest absolute Gasteiger partial charge is 0.368 e. The maximum absolute atomic E-state index is 13.1. The van der Waals surface area contributed by atoms with Crippen LogP contribution in [0, 0.1) is 6.92 Å². The van der Waals surface area contributed by atoms with Crippen LogP contribution in [0.3, 0.4) is 0 Å². The van der Waals surface area contributed by atoms with Crippen molar-refractivity contribution in [2.75, 3.05) is 38.1 Å². The number of benzene rings is 1. The van der Waals surface area contributed by atoms with Gasteiger partial charge in [0.05, 0.1) is 4.90 Å². The van der Waals surface area contributed by atoms with Crippen molar-refractivity contribution in [3.05, 3.63) is 54.4 Å². The second-order valence-electron chi connectivity index (χ2n) is 6.50. The van der Waals surface area contributed by atoms with Crippen LogP contribution in [0.1, 0.15) is 5.69 Å². The van der Waals surface area contributed by atoms with E-state index in [4.69, 9.17) is 0 Å². The van der Waals surface area contributed by atoms with Gasteiger partial charge in [-0.15, -0.1) is 0 Å². The zero-order chi connectivity index (χ0) is 17.4. The Morgan fingerprint density at radius 1 is 1.04 bits per heavy atom. The first-order valence-corrected chi connectivity index (χ1v) is 9.63. The molecule has 25 heavy (non-hydrogen) atoms. The molecule has 6 heteroatoms. The van der Waals surface area contributed by atoms with Gasteiger partial charge in [-0.2, -0.15) is 0 Å². The Bertz CT molecular complexity index is 914. The summed E-state index contributed by atoms with van der Waals surface area (Å²) in [6, 6.07) is 13.7. The highest BCUT2D eigenvalue weighted by atomic mass is 32.2. The molecule has 3 heterocycles. The molecule has 0 saturated carbocycles. The summed E-state index contributed by atoms with van der Waals surface area (Å²) in [4.78, 5) is 10.1. The van der Waals surface area contributed by atoms with Crippen LogP contribution in [-0.2, 0) is 11.0 Å². The number of aromatic nitrogens is 2. The van der Waals surface area contributed by atoms with Crippen LogP contribution in [-0.4, -0.2) is 51.3 Å². The Balaban J connectivity index is 1.79. The number of aryl methyl sites for hydroxylation is 1. The Morgan fingerprint density at radius 2 is 1.76 bits per heavy atom. The number of likely N-dealkylation sites (N-methyl/N-ethyl adjacent to an activating group) is 1. The molecule has 1 atom stereocenters. The van der Waals surface area contributed by atoms with Gasteiger partial charge in [-0.05, 0) is 38.2 Å². The van der Waals surface area contributed by atoms with Crippen LogP contribution in [0.4, 0.5) is 5.69 Å². The van der Waals surface area contributed by atoms with Crippen molar-refractivity contribution in [1.29, 1.82) is 0 Å². The monoisotopic (exact) mass is 354 g/mol. The Hall–Kier alpha value is -2.18. The normalized spacial score (nSPS) is 17.1. The second-order valence-corrected chi connectivity index (χ2v) is 7.83. The molecule has 2 aromatic heterocycles. The molecule has 0 bridgehead atoms. The molecule has 1 aliphatic heterocycles. The number of hydrogen-bond donors (Lipinski definition) is 0. The molecule has 3 aromatic rings. The topological polar surface area (TPSA) is 41.4 Å². The Morgan fingerprint density at radius 3 is 2.48 bits per heavy atom. The predicted molar refractivity (Wildman–Crippen MR) is 102 cm³/mol. The fourth-order valence-electron chi connectivity index (χ4n) is 3.36. The summed E-state index contributed by atoms with van der Waals surface area (Å²) in [7, 11) is 0.863. The van der Waals surface area contributed by atoms with Crippen molar-refractivity contribution in [3.8, 4) is 0 Å². The number of anilines is 1. The first-order chi connectivity index (χ1) is 12.1. The fourth-order valence-corrected chi connectivity index (χ4v) is 4.58. The van der Waals surface area contributed by atoms with Gasteiger partial charge < -0.3 is 9.80 Å². The molecule has 1 fully saturated rings. The maximum atomic E-state index is 13.1. The van der Waals surface area contributed by atoms with E-state index < -0.39 is 11.0 Å². The smallest absolute Gasteiger partial charge is 0.158 e. The van der Waals surface area contributed by atoms with Crippen LogP contribution in [0.25, 0.3) is 11.0 Å². The van der Waals surface area contributed by atoms with Crippen LogP contribution in [0.5, 0.6) is 0 Å². The Labute approximate surface area is 150 Å². The summed E-state index contributed by atoms with van der Waals surface area (Å²) in [5.74, 6) is 0. The minimum atomic E-state index is -1.29. The van der Waals surface area contributed by atoms with Crippen LogP contribution in [0.15, 0.2) is 53.6 Å². The summed E-state index contributed by atoms with van der Waals surface area (Å²) in [6.45, 7) is 6.11. The molecule has 1 saturated heterocycles. The van der Waals surface area contributed by atoms with Gasteiger partial charge in [0.15, 0.2) is 16.6 Å². The van der Waals surface area contributed by atoms with E-state index in [0.29, 0.717) is 0 Å². The van der Waals surface area contributed by atoms with E-state index >= 15 is 0 Å². The molecule has 0 spiro atoms. The molecule has 1 unspecified atom stereocenters. The minimum absolute atomic E-state index is 0.787. The number of nitrogens with zero attached hydrogens (tertiary/aromatic N) is 4. The molecule has 1 aromatic carbocycles. The summed E-state index contributed by atoms with van der Waals surface area (Å²) in [6.07, 6.45) is 1.83. The first-order valence-electron chi connectivity index (χ1n) is 8.53. The third-order valence-corrected chi connectivity index (χ3v) is 6.23. The van der Waals surface area contributed by atoms with Crippen LogP contribution < -0.4 is 4.90 Å².